The first kappa shape index (κ1) is 16.4. The minimum absolute atomic E-state index is 0.0216. The molecule has 3 unspecified atom stereocenters. The average molecular weight is 273 g/mol. The van der Waals surface area contributed by atoms with Crippen molar-refractivity contribution in [3.8, 4) is 0 Å². The van der Waals surface area contributed by atoms with Crippen LogP contribution in [-0.4, -0.2) is 42.7 Å². The lowest BCUT2D eigenvalue weighted by molar-refractivity contribution is -0.165. The molecule has 1 aliphatic heterocycles. The highest BCUT2D eigenvalue weighted by molar-refractivity contribution is 5.75. The van der Waals surface area contributed by atoms with E-state index in [1.165, 1.54) is 0 Å². The highest BCUT2D eigenvalue weighted by atomic mass is 16.7. The predicted octanol–water partition coefficient (Wildman–Crippen LogP) is 1.30. The number of amides is 1. The van der Waals surface area contributed by atoms with Crippen molar-refractivity contribution >= 4 is 5.91 Å². The second-order valence-corrected chi connectivity index (χ2v) is 5.89. The Morgan fingerprint density at radius 3 is 2.68 bits per heavy atom. The van der Waals surface area contributed by atoms with Crippen molar-refractivity contribution in [3.05, 3.63) is 0 Å². The molecule has 5 heteroatoms. The molecule has 0 aromatic heterocycles. The van der Waals surface area contributed by atoms with Crippen LogP contribution in [0.25, 0.3) is 0 Å². The summed E-state index contributed by atoms with van der Waals surface area (Å²) in [7, 11) is 0. The number of carbonyl (C=O) groups is 1. The van der Waals surface area contributed by atoms with E-state index in [1.54, 1.807) is 0 Å². The van der Waals surface area contributed by atoms with Crippen molar-refractivity contribution in [1.82, 2.24) is 5.32 Å². The molecule has 0 aliphatic carbocycles. The average Bonchev–Trinajstić information content (AvgIpc) is 2.76. The largest absolute Gasteiger partial charge is 0.394 e. The highest BCUT2D eigenvalue weighted by Crippen LogP contribution is 2.27. The minimum atomic E-state index is -0.742. The Balaban J connectivity index is 2.23. The van der Waals surface area contributed by atoms with Crippen LogP contribution in [0.5, 0.6) is 0 Å². The normalized spacial score (nSPS) is 28.6. The summed E-state index contributed by atoms with van der Waals surface area (Å²) in [4.78, 5) is 11.7. The molecule has 0 radical (unpaired) electrons. The Morgan fingerprint density at radius 2 is 2.16 bits per heavy atom. The molecule has 1 aliphatic rings. The Labute approximate surface area is 115 Å². The molecule has 1 amide bonds. The Hall–Kier alpha value is -0.650. The van der Waals surface area contributed by atoms with Gasteiger partial charge in [0.15, 0.2) is 5.79 Å². The zero-order chi connectivity index (χ0) is 14.5. The zero-order valence-corrected chi connectivity index (χ0v) is 12.4. The quantitative estimate of drug-likeness (QED) is 0.733. The van der Waals surface area contributed by atoms with Crippen molar-refractivity contribution in [1.29, 1.82) is 0 Å². The predicted molar refractivity (Wildman–Crippen MR) is 72.6 cm³/mol. The molecule has 0 aromatic rings. The summed E-state index contributed by atoms with van der Waals surface area (Å²) in [5.41, 5.74) is 0. The van der Waals surface area contributed by atoms with Crippen LogP contribution in [0.1, 0.15) is 40.5 Å². The van der Waals surface area contributed by atoms with Crippen LogP contribution in [0.15, 0.2) is 0 Å². The van der Waals surface area contributed by atoms with E-state index in [4.69, 9.17) is 14.6 Å². The van der Waals surface area contributed by atoms with E-state index in [9.17, 15) is 4.79 Å². The van der Waals surface area contributed by atoms with Crippen LogP contribution in [-0.2, 0) is 14.3 Å². The van der Waals surface area contributed by atoms with Gasteiger partial charge in [-0.1, -0.05) is 20.8 Å². The lowest BCUT2D eigenvalue weighted by Gasteiger charge is -2.23. The van der Waals surface area contributed by atoms with E-state index in [1.807, 2.05) is 6.92 Å². The maximum atomic E-state index is 11.7. The Kier molecular flexibility index (Phi) is 6.23. The summed E-state index contributed by atoms with van der Waals surface area (Å²) in [6, 6.07) is 0. The van der Waals surface area contributed by atoms with Crippen LogP contribution in [0, 0.1) is 11.8 Å². The first-order chi connectivity index (χ1) is 8.86. The van der Waals surface area contributed by atoms with Gasteiger partial charge in [-0.05, 0) is 18.8 Å². The Morgan fingerprint density at radius 1 is 1.47 bits per heavy atom. The molecular weight excluding hydrogens is 246 g/mol. The number of nitrogens with one attached hydrogen (secondary N) is 1. The van der Waals surface area contributed by atoms with Crippen molar-refractivity contribution in [3.63, 3.8) is 0 Å². The van der Waals surface area contributed by atoms with Gasteiger partial charge in [0, 0.05) is 19.4 Å². The number of rotatable bonds is 7. The standard InChI is InChI=1S/C14H27NO4/c1-10(2)11(3)7-15-13(17)5-6-14(4)18-9-12(8-16)19-14/h10-12,16H,5-9H2,1-4H3,(H,15,17). The zero-order valence-electron chi connectivity index (χ0n) is 12.4. The third kappa shape index (κ3) is 5.47. The second kappa shape index (κ2) is 7.22. The van der Waals surface area contributed by atoms with Gasteiger partial charge < -0.3 is 19.9 Å². The summed E-state index contributed by atoms with van der Waals surface area (Å²) in [6.07, 6.45) is 0.610. The molecule has 1 heterocycles. The van der Waals surface area contributed by atoms with E-state index in [2.05, 4.69) is 26.1 Å². The molecule has 112 valence electrons. The summed E-state index contributed by atoms with van der Waals surface area (Å²) in [5, 5.41) is 11.9. The molecule has 2 N–H and O–H groups in total. The van der Waals surface area contributed by atoms with Gasteiger partial charge in [0.25, 0.3) is 0 Å². The maximum Gasteiger partial charge on any atom is 0.220 e. The topological polar surface area (TPSA) is 67.8 Å². The van der Waals surface area contributed by atoms with Gasteiger partial charge in [0.1, 0.15) is 6.10 Å². The fourth-order valence-electron chi connectivity index (χ4n) is 1.85. The first-order valence-corrected chi connectivity index (χ1v) is 7.05. The van der Waals surface area contributed by atoms with E-state index in [0.717, 1.165) is 0 Å². The lowest BCUT2D eigenvalue weighted by Crippen LogP contribution is -2.33. The van der Waals surface area contributed by atoms with Crippen LogP contribution in [0.2, 0.25) is 0 Å². The minimum Gasteiger partial charge on any atom is -0.394 e. The summed E-state index contributed by atoms with van der Waals surface area (Å²) < 4.78 is 11.1. The van der Waals surface area contributed by atoms with Crippen molar-refractivity contribution in [2.45, 2.75) is 52.4 Å². The molecule has 19 heavy (non-hydrogen) atoms. The fraction of sp³-hybridized carbons (Fsp3) is 0.929. The SMILES string of the molecule is CC(C)C(C)CNC(=O)CCC1(C)OCC(CO)O1. The Bertz CT molecular complexity index is 295. The second-order valence-electron chi connectivity index (χ2n) is 5.89. The number of carbonyl (C=O) groups excluding carboxylic acids is 1. The lowest BCUT2D eigenvalue weighted by atomic mass is 9.98. The smallest absolute Gasteiger partial charge is 0.220 e. The number of aliphatic hydroxyl groups is 1. The van der Waals surface area contributed by atoms with Crippen molar-refractivity contribution in [2.24, 2.45) is 11.8 Å². The number of hydrogen-bond donors (Lipinski definition) is 2. The van der Waals surface area contributed by atoms with Crippen LogP contribution in [0.4, 0.5) is 0 Å². The van der Waals surface area contributed by atoms with E-state index in [-0.39, 0.29) is 18.6 Å². The first-order valence-electron chi connectivity index (χ1n) is 7.05. The van der Waals surface area contributed by atoms with Crippen LogP contribution < -0.4 is 5.32 Å². The number of ether oxygens (including phenoxy) is 2. The molecule has 0 aromatic carbocycles. The fourth-order valence-corrected chi connectivity index (χ4v) is 1.85. The van der Waals surface area contributed by atoms with Gasteiger partial charge in [-0.25, -0.2) is 0 Å². The van der Waals surface area contributed by atoms with Crippen molar-refractivity contribution < 1.29 is 19.4 Å². The van der Waals surface area contributed by atoms with Crippen LogP contribution in [0.3, 0.4) is 0 Å². The highest BCUT2D eigenvalue weighted by Gasteiger charge is 2.36. The molecular formula is C14H27NO4. The van der Waals surface area contributed by atoms with Gasteiger partial charge in [0.2, 0.25) is 5.91 Å². The molecule has 0 saturated carbocycles. The third-order valence-electron chi connectivity index (χ3n) is 3.76. The monoisotopic (exact) mass is 273 g/mol. The number of aliphatic hydroxyl groups excluding tert-OH is 1. The van der Waals surface area contributed by atoms with Gasteiger partial charge in [-0.2, -0.15) is 0 Å². The van der Waals surface area contributed by atoms with E-state index < -0.39 is 5.79 Å². The van der Waals surface area contributed by atoms with Gasteiger partial charge in [-0.15, -0.1) is 0 Å². The third-order valence-corrected chi connectivity index (χ3v) is 3.76. The molecule has 1 fully saturated rings. The molecule has 0 bridgehead atoms. The molecule has 0 spiro atoms. The maximum absolute atomic E-state index is 11.7. The summed E-state index contributed by atoms with van der Waals surface area (Å²) >= 11 is 0. The summed E-state index contributed by atoms with van der Waals surface area (Å²) in [6.45, 7) is 9.27. The van der Waals surface area contributed by atoms with E-state index in [0.29, 0.717) is 37.8 Å². The van der Waals surface area contributed by atoms with E-state index >= 15 is 0 Å². The molecule has 1 saturated heterocycles. The van der Waals surface area contributed by atoms with Gasteiger partial charge >= 0.3 is 0 Å². The van der Waals surface area contributed by atoms with Crippen LogP contribution >= 0.6 is 0 Å². The van der Waals surface area contributed by atoms with Gasteiger partial charge in [0.05, 0.1) is 13.2 Å². The molecule has 3 atom stereocenters. The van der Waals surface area contributed by atoms with Gasteiger partial charge in [-0.3, -0.25) is 4.79 Å². The number of hydrogen-bond acceptors (Lipinski definition) is 4. The van der Waals surface area contributed by atoms with Crippen molar-refractivity contribution in [2.75, 3.05) is 19.8 Å². The summed E-state index contributed by atoms with van der Waals surface area (Å²) in [5.74, 6) is 0.310. The molecule has 1 rings (SSSR count). The molecule has 5 nitrogen and oxygen atoms in total.